The Morgan fingerprint density at radius 3 is 2.37 bits per heavy atom. The van der Waals surface area contributed by atoms with E-state index < -0.39 is 5.24 Å². The van der Waals surface area contributed by atoms with Crippen LogP contribution in [0.4, 0.5) is 10.5 Å². The average molecular weight is 281 g/mol. The average Bonchev–Trinajstić information content (AvgIpc) is 2.37. The van der Waals surface area contributed by atoms with E-state index in [4.69, 9.17) is 5.73 Å². The molecule has 19 heavy (non-hydrogen) atoms. The first-order chi connectivity index (χ1) is 9.02. The normalized spacial score (nSPS) is 9.95. The number of amides is 2. The van der Waals surface area contributed by atoms with Gasteiger partial charge in [0.1, 0.15) is 0 Å². The first-order valence-electron chi connectivity index (χ1n) is 5.53. The summed E-state index contributed by atoms with van der Waals surface area (Å²) in [6.45, 7) is 0.265. The number of benzene rings is 1. The Kier molecular flexibility index (Phi) is 6.04. The van der Waals surface area contributed by atoms with Gasteiger partial charge in [0.25, 0.3) is 5.24 Å². The highest BCUT2D eigenvalue weighted by Gasteiger charge is 2.07. The lowest BCUT2D eigenvalue weighted by Gasteiger charge is -2.05. The van der Waals surface area contributed by atoms with Gasteiger partial charge in [0.2, 0.25) is 5.91 Å². The van der Waals surface area contributed by atoms with E-state index in [1.165, 1.54) is 0 Å². The summed E-state index contributed by atoms with van der Waals surface area (Å²) in [5, 5.41) is 4.78. The number of nitrogens with two attached hydrogens (primary N) is 1. The van der Waals surface area contributed by atoms with E-state index in [0.29, 0.717) is 11.3 Å². The molecule has 0 bridgehead atoms. The molecule has 102 valence electrons. The van der Waals surface area contributed by atoms with Gasteiger partial charge in [-0.25, -0.2) is 0 Å². The van der Waals surface area contributed by atoms with Crippen molar-refractivity contribution in [3.63, 3.8) is 0 Å². The number of carbonyl (C=O) groups is 3. The van der Waals surface area contributed by atoms with Crippen molar-refractivity contribution in [2.24, 2.45) is 5.73 Å². The molecule has 7 heteroatoms. The van der Waals surface area contributed by atoms with E-state index in [0.717, 1.165) is 11.8 Å². The molecule has 0 unspecified atom stereocenters. The van der Waals surface area contributed by atoms with Crippen molar-refractivity contribution < 1.29 is 14.4 Å². The molecule has 0 saturated heterocycles. The van der Waals surface area contributed by atoms with Gasteiger partial charge < -0.3 is 16.4 Å². The minimum absolute atomic E-state index is 0.0235. The maximum absolute atomic E-state index is 11.6. The standard InChI is InChI=1S/C12H15N3O3S/c1-14-6-10(16)8-2-4-9(5-3-8)15-11(17)7-19-12(13)18/h2-5,14H,6-7H2,1H3,(H2,13,18)(H,15,17). The molecule has 0 heterocycles. The molecule has 6 nitrogen and oxygen atoms in total. The predicted octanol–water partition coefficient (Wildman–Crippen LogP) is 0.839. The molecular weight excluding hydrogens is 266 g/mol. The fraction of sp³-hybridized carbons (Fsp3) is 0.250. The molecular formula is C12H15N3O3S. The number of primary amides is 1. The van der Waals surface area contributed by atoms with Crippen molar-refractivity contribution in [3.05, 3.63) is 29.8 Å². The molecule has 2 amide bonds. The van der Waals surface area contributed by atoms with E-state index in [2.05, 4.69) is 10.6 Å². The number of carbonyl (C=O) groups excluding carboxylic acids is 3. The zero-order valence-electron chi connectivity index (χ0n) is 10.4. The summed E-state index contributed by atoms with van der Waals surface area (Å²) in [6, 6.07) is 6.54. The van der Waals surface area contributed by atoms with Crippen LogP contribution in [0.3, 0.4) is 0 Å². The minimum Gasteiger partial charge on any atom is -0.361 e. The fourth-order valence-electron chi connectivity index (χ4n) is 1.34. The number of nitrogens with one attached hydrogen (secondary N) is 2. The van der Waals surface area contributed by atoms with Gasteiger partial charge in [0.05, 0.1) is 12.3 Å². The third-order valence-corrected chi connectivity index (χ3v) is 2.86. The number of hydrogen-bond acceptors (Lipinski definition) is 5. The van der Waals surface area contributed by atoms with Gasteiger partial charge in [-0.1, -0.05) is 11.8 Å². The SMILES string of the molecule is CNCC(=O)c1ccc(NC(=O)CSC(N)=O)cc1. The van der Waals surface area contributed by atoms with Crippen LogP contribution in [0.25, 0.3) is 0 Å². The van der Waals surface area contributed by atoms with Gasteiger partial charge >= 0.3 is 0 Å². The highest BCUT2D eigenvalue weighted by Crippen LogP contribution is 2.11. The molecule has 0 atom stereocenters. The largest absolute Gasteiger partial charge is 0.361 e. The Hall–Kier alpha value is -1.86. The van der Waals surface area contributed by atoms with E-state index in [9.17, 15) is 14.4 Å². The summed E-state index contributed by atoms with van der Waals surface area (Å²) >= 11 is 0.738. The minimum atomic E-state index is -0.594. The second-order valence-corrected chi connectivity index (χ2v) is 4.67. The highest BCUT2D eigenvalue weighted by molar-refractivity contribution is 8.14. The molecule has 0 aliphatic heterocycles. The molecule has 0 spiro atoms. The Labute approximate surface area is 115 Å². The van der Waals surface area contributed by atoms with Crippen molar-refractivity contribution in [1.29, 1.82) is 0 Å². The highest BCUT2D eigenvalue weighted by atomic mass is 32.2. The van der Waals surface area contributed by atoms with Crippen molar-refractivity contribution in [2.45, 2.75) is 0 Å². The predicted molar refractivity (Wildman–Crippen MR) is 75.4 cm³/mol. The summed E-state index contributed by atoms with van der Waals surface area (Å²) in [4.78, 5) is 33.5. The van der Waals surface area contributed by atoms with Crippen LogP contribution in [0.1, 0.15) is 10.4 Å². The number of thioether (sulfide) groups is 1. The van der Waals surface area contributed by atoms with Gasteiger partial charge in [0.15, 0.2) is 5.78 Å². The maximum atomic E-state index is 11.6. The second-order valence-electron chi connectivity index (χ2n) is 3.69. The smallest absolute Gasteiger partial charge is 0.276 e. The van der Waals surface area contributed by atoms with E-state index in [-0.39, 0.29) is 24.0 Å². The Morgan fingerprint density at radius 1 is 1.21 bits per heavy atom. The van der Waals surface area contributed by atoms with Crippen molar-refractivity contribution >= 4 is 34.4 Å². The van der Waals surface area contributed by atoms with Gasteiger partial charge in [-0.15, -0.1) is 0 Å². The van der Waals surface area contributed by atoms with Crippen LogP contribution in [-0.2, 0) is 4.79 Å². The summed E-state index contributed by atoms with van der Waals surface area (Å²) in [5.74, 6) is -0.377. The Morgan fingerprint density at radius 2 is 1.84 bits per heavy atom. The molecule has 4 N–H and O–H groups in total. The van der Waals surface area contributed by atoms with Crippen LogP contribution < -0.4 is 16.4 Å². The molecule has 0 aliphatic rings. The van der Waals surface area contributed by atoms with Gasteiger partial charge in [-0.3, -0.25) is 14.4 Å². The number of rotatable bonds is 6. The lowest BCUT2D eigenvalue weighted by atomic mass is 10.1. The second kappa shape index (κ2) is 7.55. The lowest BCUT2D eigenvalue weighted by molar-refractivity contribution is -0.113. The molecule has 0 saturated carbocycles. The van der Waals surface area contributed by atoms with Gasteiger partial charge in [-0.05, 0) is 31.3 Å². The van der Waals surface area contributed by atoms with E-state index in [1.807, 2.05) is 0 Å². The quantitative estimate of drug-likeness (QED) is 0.671. The van der Waals surface area contributed by atoms with E-state index in [1.54, 1.807) is 31.3 Å². The third kappa shape index (κ3) is 5.54. The van der Waals surface area contributed by atoms with Crippen molar-refractivity contribution in [2.75, 3.05) is 24.7 Å². The molecule has 1 aromatic rings. The zero-order valence-corrected chi connectivity index (χ0v) is 11.3. The van der Waals surface area contributed by atoms with Crippen LogP contribution in [0.5, 0.6) is 0 Å². The number of anilines is 1. The third-order valence-electron chi connectivity index (χ3n) is 2.17. The fourth-order valence-corrected chi connectivity index (χ4v) is 1.68. The molecule has 1 rings (SSSR count). The number of hydrogen-bond donors (Lipinski definition) is 3. The zero-order chi connectivity index (χ0) is 14.3. The van der Waals surface area contributed by atoms with Gasteiger partial charge in [-0.2, -0.15) is 0 Å². The van der Waals surface area contributed by atoms with Crippen LogP contribution >= 0.6 is 11.8 Å². The Bertz CT molecular complexity index is 474. The number of likely N-dealkylation sites (N-methyl/N-ethyl adjacent to an activating group) is 1. The van der Waals surface area contributed by atoms with Crippen LogP contribution in [0, 0.1) is 0 Å². The first kappa shape index (κ1) is 15.2. The van der Waals surface area contributed by atoms with Crippen LogP contribution in [-0.4, -0.2) is 36.3 Å². The summed E-state index contributed by atoms with van der Waals surface area (Å²) in [6.07, 6.45) is 0. The summed E-state index contributed by atoms with van der Waals surface area (Å²) in [5.41, 5.74) is 6.05. The topological polar surface area (TPSA) is 101 Å². The monoisotopic (exact) mass is 281 g/mol. The van der Waals surface area contributed by atoms with Crippen LogP contribution in [0.2, 0.25) is 0 Å². The molecule has 0 aromatic heterocycles. The van der Waals surface area contributed by atoms with Crippen molar-refractivity contribution in [1.82, 2.24) is 5.32 Å². The molecule has 1 aromatic carbocycles. The maximum Gasteiger partial charge on any atom is 0.276 e. The lowest BCUT2D eigenvalue weighted by Crippen LogP contribution is -2.19. The number of ketones is 1. The molecule has 0 aliphatic carbocycles. The summed E-state index contributed by atoms with van der Waals surface area (Å²) in [7, 11) is 1.70. The first-order valence-corrected chi connectivity index (χ1v) is 6.51. The number of Topliss-reactive ketones (excluding diaryl/α,β-unsaturated/α-hetero) is 1. The van der Waals surface area contributed by atoms with Crippen LogP contribution in [0.15, 0.2) is 24.3 Å². The van der Waals surface area contributed by atoms with Crippen molar-refractivity contribution in [3.8, 4) is 0 Å². The molecule has 0 radical (unpaired) electrons. The van der Waals surface area contributed by atoms with E-state index >= 15 is 0 Å². The Balaban J connectivity index is 2.54. The molecule has 0 fully saturated rings. The summed E-state index contributed by atoms with van der Waals surface area (Å²) < 4.78 is 0. The van der Waals surface area contributed by atoms with Gasteiger partial charge in [0, 0.05) is 11.3 Å².